The van der Waals surface area contributed by atoms with Gasteiger partial charge in [-0.05, 0) is 48.5 Å². The highest BCUT2D eigenvalue weighted by atomic mass is 32.2. The maximum atomic E-state index is 13.6. The number of rotatable bonds is 6. The van der Waals surface area contributed by atoms with E-state index in [1.165, 1.54) is 30.3 Å². The van der Waals surface area contributed by atoms with Gasteiger partial charge in [0.2, 0.25) is 5.96 Å². The number of nitrogens with one attached hydrogen (secondary N) is 2. The first-order valence-corrected chi connectivity index (χ1v) is 9.36. The van der Waals surface area contributed by atoms with Gasteiger partial charge in [0.25, 0.3) is 10.0 Å². The normalized spacial score (nSPS) is 10.9. The first-order chi connectivity index (χ1) is 13.3. The smallest absolute Gasteiger partial charge is 0.285 e. The molecule has 3 aromatic rings. The molecule has 28 heavy (non-hydrogen) atoms. The van der Waals surface area contributed by atoms with E-state index in [2.05, 4.69) is 25.2 Å². The van der Waals surface area contributed by atoms with Crippen LogP contribution in [0.4, 0.5) is 27.4 Å². The Balaban J connectivity index is 1.69. The van der Waals surface area contributed by atoms with E-state index in [1.807, 2.05) is 0 Å². The van der Waals surface area contributed by atoms with Gasteiger partial charge < -0.3 is 22.1 Å². The van der Waals surface area contributed by atoms with Gasteiger partial charge in [-0.2, -0.15) is 8.42 Å². The number of nitrogens with zero attached hydrogens (tertiary/aromatic N) is 3. The summed E-state index contributed by atoms with van der Waals surface area (Å²) in [4.78, 5) is -0.0537. The molecular weight excluding hydrogens is 385 g/mol. The summed E-state index contributed by atoms with van der Waals surface area (Å²) in [6.07, 6.45) is 0. The van der Waals surface area contributed by atoms with Crippen molar-refractivity contribution in [3.63, 3.8) is 0 Å². The van der Waals surface area contributed by atoms with Gasteiger partial charge in [-0.15, -0.1) is 14.6 Å². The number of anilines is 4. The van der Waals surface area contributed by atoms with Crippen LogP contribution in [0.1, 0.15) is 0 Å². The van der Waals surface area contributed by atoms with Gasteiger partial charge >= 0.3 is 0 Å². The molecule has 0 bridgehead atoms. The maximum Gasteiger partial charge on any atom is 0.285 e. The second-order valence-corrected chi connectivity index (χ2v) is 7.15. The van der Waals surface area contributed by atoms with Crippen LogP contribution in [0.5, 0.6) is 0 Å². The molecule has 11 heteroatoms. The predicted molar refractivity (Wildman–Crippen MR) is 104 cm³/mol. The number of guanidine groups is 1. The van der Waals surface area contributed by atoms with Crippen molar-refractivity contribution in [3.8, 4) is 0 Å². The summed E-state index contributed by atoms with van der Waals surface area (Å²) >= 11 is 0. The lowest BCUT2D eigenvalue weighted by atomic mass is 10.3. The second kappa shape index (κ2) is 7.88. The van der Waals surface area contributed by atoms with Crippen molar-refractivity contribution in [2.45, 2.75) is 4.90 Å². The van der Waals surface area contributed by atoms with E-state index in [0.717, 1.165) is 0 Å². The van der Waals surface area contributed by atoms with Crippen molar-refractivity contribution >= 4 is 39.0 Å². The van der Waals surface area contributed by atoms with Crippen LogP contribution in [0.3, 0.4) is 0 Å². The quantitative estimate of drug-likeness (QED) is 0.362. The molecule has 0 spiro atoms. The van der Waals surface area contributed by atoms with Crippen LogP contribution in [0, 0.1) is 5.82 Å². The summed E-state index contributed by atoms with van der Waals surface area (Å²) < 4.78 is 40.7. The SMILES string of the molecule is NC(N)=NS(=O)(=O)c1ccc(Nc2ccc(Nc3ccccc3F)nn2)cc1. The van der Waals surface area contributed by atoms with Crippen LogP contribution in [-0.2, 0) is 10.0 Å². The summed E-state index contributed by atoms with van der Waals surface area (Å²) in [6.45, 7) is 0. The third kappa shape index (κ3) is 4.71. The van der Waals surface area contributed by atoms with E-state index in [0.29, 0.717) is 17.3 Å². The Bertz CT molecular complexity index is 1100. The number of sulfonamides is 1. The number of hydrogen-bond donors (Lipinski definition) is 4. The minimum Gasteiger partial charge on any atom is -0.369 e. The van der Waals surface area contributed by atoms with Crippen LogP contribution in [0.15, 0.2) is 70.0 Å². The van der Waals surface area contributed by atoms with E-state index in [-0.39, 0.29) is 10.6 Å². The third-order valence-corrected chi connectivity index (χ3v) is 4.77. The Hall–Kier alpha value is -3.73. The molecule has 1 heterocycles. The molecular formula is C17H16FN7O2S. The van der Waals surface area contributed by atoms with E-state index in [9.17, 15) is 12.8 Å². The number of aromatic nitrogens is 2. The standard InChI is InChI=1S/C17H16FN7O2S/c18-13-3-1-2-4-14(13)22-16-10-9-15(23-24-16)21-11-5-7-12(8-6-11)28(26,27)25-17(19)20/h1-10H,(H,21,23)(H,22,24)(H4,19,20,25). The van der Waals surface area contributed by atoms with Gasteiger partial charge in [-0.1, -0.05) is 12.1 Å². The highest BCUT2D eigenvalue weighted by Crippen LogP contribution is 2.21. The van der Waals surface area contributed by atoms with Gasteiger partial charge in [0.1, 0.15) is 5.82 Å². The molecule has 0 saturated heterocycles. The van der Waals surface area contributed by atoms with E-state index < -0.39 is 21.8 Å². The van der Waals surface area contributed by atoms with Crippen LogP contribution in [0.25, 0.3) is 0 Å². The van der Waals surface area contributed by atoms with Gasteiger partial charge in [0, 0.05) is 5.69 Å². The van der Waals surface area contributed by atoms with Gasteiger partial charge in [-0.25, -0.2) is 4.39 Å². The zero-order valence-electron chi connectivity index (χ0n) is 14.4. The molecule has 0 amide bonds. The van der Waals surface area contributed by atoms with Gasteiger partial charge in [0.15, 0.2) is 11.6 Å². The molecule has 0 fully saturated rings. The zero-order chi connectivity index (χ0) is 20.1. The minimum absolute atomic E-state index is 0.0537. The summed E-state index contributed by atoms with van der Waals surface area (Å²) in [5.74, 6) is -0.155. The van der Waals surface area contributed by atoms with E-state index >= 15 is 0 Å². The first kappa shape index (κ1) is 19.0. The fourth-order valence-electron chi connectivity index (χ4n) is 2.22. The molecule has 0 aliphatic carbocycles. The number of hydrogen-bond acceptors (Lipinski definition) is 6. The molecule has 0 atom stereocenters. The lowest BCUT2D eigenvalue weighted by Crippen LogP contribution is -2.24. The number of para-hydroxylation sites is 1. The monoisotopic (exact) mass is 401 g/mol. The summed E-state index contributed by atoms with van der Waals surface area (Å²) in [6, 6.07) is 15.2. The summed E-state index contributed by atoms with van der Waals surface area (Å²) in [5.41, 5.74) is 11.1. The predicted octanol–water partition coefficient (Wildman–Crippen LogP) is 2.06. The molecule has 0 radical (unpaired) electrons. The zero-order valence-corrected chi connectivity index (χ0v) is 15.2. The van der Waals surface area contributed by atoms with E-state index in [1.54, 1.807) is 30.3 Å². The molecule has 2 aromatic carbocycles. The Morgan fingerprint density at radius 1 is 0.893 bits per heavy atom. The van der Waals surface area contributed by atoms with Crippen molar-refractivity contribution in [2.24, 2.45) is 15.9 Å². The molecule has 3 rings (SSSR count). The molecule has 9 nitrogen and oxygen atoms in total. The second-order valence-electron chi connectivity index (χ2n) is 5.55. The molecule has 0 saturated carbocycles. The Morgan fingerprint density at radius 2 is 1.50 bits per heavy atom. The van der Waals surface area contributed by atoms with Gasteiger partial charge in [-0.3, -0.25) is 0 Å². The Kier molecular flexibility index (Phi) is 5.36. The molecule has 6 N–H and O–H groups in total. The molecule has 0 aliphatic heterocycles. The van der Waals surface area contributed by atoms with Crippen LogP contribution in [-0.4, -0.2) is 24.6 Å². The number of halogens is 1. The third-order valence-electron chi connectivity index (χ3n) is 3.45. The molecule has 0 unspecified atom stereocenters. The van der Waals surface area contributed by atoms with Gasteiger partial charge in [0.05, 0.1) is 10.6 Å². The fraction of sp³-hybridized carbons (Fsp3) is 0. The lowest BCUT2D eigenvalue weighted by molar-refractivity contribution is 0.598. The Morgan fingerprint density at radius 3 is 2.07 bits per heavy atom. The average molecular weight is 401 g/mol. The summed E-state index contributed by atoms with van der Waals surface area (Å²) in [5, 5.41) is 13.8. The van der Waals surface area contributed by atoms with Crippen molar-refractivity contribution in [1.29, 1.82) is 0 Å². The summed E-state index contributed by atoms with van der Waals surface area (Å²) in [7, 11) is -3.94. The van der Waals surface area contributed by atoms with E-state index in [4.69, 9.17) is 11.5 Å². The Labute approximate surface area is 160 Å². The topological polar surface area (TPSA) is 148 Å². The van der Waals surface area contributed by atoms with Crippen LogP contribution in [0.2, 0.25) is 0 Å². The van der Waals surface area contributed by atoms with Crippen LogP contribution < -0.4 is 22.1 Å². The fourth-order valence-corrected chi connectivity index (χ4v) is 3.08. The van der Waals surface area contributed by atoms with Crippen molar-refractivity contribution < 1.29 is 12.8 Å². The largest absolute Gasteiger partial charge is 0.369 e. The highest BCUT2D eigenvalue weighted by Gasteiger charge is 2.13. The van der Waals surface area contributed by atoms with Crippen molar-refractivity contribution in [3.05, 3.63) is 66.5 Å². The van der Waals surface area contributed by atoms with Crippen LogP contribution >= 0.6 is 0 Å². The molecule has 0 aliphatic rings. The lowest BCUT2D eigenvalue weighted by Gasteiger charge is -2.08. The van der Waals surface area contributed by atoms with Crippen molar-refractivity contribution in [2.75, 3.05) is 10.6 Å². The van der Waals surface area contributed by atoms with Crippen molar-refractivity contribution in [1.82, 2.24) is 10.2 Å². The number of nitrogens with two attached hydrogens (primary N) is 2. The first-order valence-electron chi connectivity index (χ1n) is 7.92. The maximum absolute atomic E-state index is 13.6. The minimum atomic E-state index is -3.94. The average Bonchev–Trinajstić information content (AvgIpc) is 2.65. The highest BCUT2D eigenvalue weighted by molar-refractivity contribution is 7.90. The number of benzene rings is 2. The molecule has 144 valence electrons. The molecule has 1 aromatic heterocycles.